The topological polar surface area (TPSA) is 87.1 Å². The molecular formula is C13H9ClF4N4O2. The summed E-state index contributed by atoms with van der Waals surface area (Å²) in [6.07, 6.45) is -4.81. The third kappa shape index (κ3) is 4.44. The van der Waals surface area contributed by atoms with Gasteiger partial charge in [-0.3, -0.25) is 4.79 Å². The maximum absolute atomic E-state index is 13.7. The van der Waals surface area contributed by atoms with Gasteiger partial charge >= 0.3 is 12.1 Å². The van der Waals surface area contributed by atoms with Gasteiger partial charge in [0.1, 0.15) is 18.2 Å². The molecule has 1 aromatic heterocycles. The molecule has 0 aliphatic heterocycles. The molecule has 1 aromatic carbocycles. The van der Waals surface area contributed by atoms with Crippen molar-refractivity contribution in [3.63, 3.8) is 0 Å². The normalized spacial score (nSPS) is 11.2. The van der Waals surface area contributed by atoms with Gasteiger partial charge in [0.25, 0.3) is 0 Å². The minimum atomic E-state index is -4.81. The first kappa shape index (κ1) is 17.7. The molecule has 0 atom stereocenters. The van der Waals surface area contributed by atoms with Gasteiger partial charge in [-0.15, -0.1) is 0 Å². The molecule has 1 heterocycles. The number of benzene rings is 1. The Morgan fingerprint density at radius 2 is 2.00 bits per heavy atom. The molecule has 6 nitrogen and oxygen atoms in total. The Morgan fingerprint density at radius 1 is 1.29 bits per heavy atom. The zero-order valence-electron chi connectivity index (χ0n) is 11.7. The number of nitrogens with one attached hydrogen (secondary N) is 2. The van der Waals surface area contributed by atoms with Crippen LogP contribution in [0.15, 0.2) is 24.3 Å². The highest BCUT2D eigenvalue weighted by molar-refractivity contribution is 6.33. The maximum atomic E-state index is 13.7. The van der Waals surface area contributed by atoms with E-state index in [0.717, 1.165) is 6.07 Å². The summed E-state index contributed by atoms with van der Waals surface area (Å²) in [4.78, 5) is 17.4. The molecule has 0 aliphatic carbocycles. The number of alkyl halides is 3. The van der Waals surface area contributed by atoms with Crippen molar-refractivity contribution in [3.05, 3.63) is 40.8 Å². The molecule has 2 rings (SSSR count). The highest BCUT2D eigenvalue weighted by atomic mass is 35.5. The smallest absolute Gasteiger partial charge is 0.433 e. The van der Waals surface area contributed by atoms with Gasteiger partial charge in [0.05, 0.1) is 10.7 Å². The highest BCUT2D eigenvalue weighted by Crippen LogP contribution is 2.32. The second-order valence-electron chi connectivity index (χ2n) is 4.43. The number of aromatic nitrogens is 2. The van der Waals surface area contributed by atoms with E-state index in [1.165, 1.54) is 12.1 Å². The van der Waals surface area contributed by atoms with Crippen LogP contribution in [-0.4, -0.2) is 27.6 Å². The Morgan fingerprint density at radius 3 is 2.58 bits per heavy atom. The lowest BCUT2D eigenvalue weighted by Crippen LogP contribution is -2.17. The van der Waals surface area contributed by atoms with E-state index < -0.39 is 42.0 Å². The standard InChI is InChI=1S/C13H9ClF4N4O2/c14-6-2-1-3-7(15)11(6)21-9-4-8(13(16,17)18)20-12(22-9)19-5-10(23)24/h1-4H,5H2,(H,23,24)(H2,19,20,21,22). The minimum absolute atomic E-state index is 0.0674. The van der Waals surface area contributed by atoms with Gasteiger partial charge in [-0.2, -0.15) is 18.2 Å². The summed E-state index contributed by atoms with van der Waals surface area (Å²) in [5.41, 5.74) is -1.60. The minimum Gasteiger partial charge on any atom is -0.480 e. The summed E-state index contributed by atoms with van der Waals surface area (Å²) < 4.78 is 52.4. The first-order chi connectivity index (χ1) is 11.2. The molecule has 128 valence electrons. The van der Waals surface area contributed by atoms with Crippen molar-refractivity contribution in [2.24, 2.45) is 0 Å². The molecular weight excluding hydrogens is 356 g/mol. The van der Waals surface area contributed by atoms with Crippen molar-refractivity contribution in [2.45, 2.75) is 6.18 Å². The molecule has 0 bridgehead atoms. The zero-order valence-corrected chi connectivity index (χ0v) is 12.4. The van der Waals surface area contributed by atoms with Gasteiger partial charge in [-0.1, -0.05) is 17.7 Å². The van der Waals surface area contributed by atoms with Crippen LogP contribution >= 0.6 is 11.6 Å². The van der Waals surface area contributed by atoms with Gasteiger partial charge in [-0.25, -0.2) is 9.37 Å². The summed E-state index contributed by atoms with van der Waals surface area (Å²) in [6, 6.07) is 4.27. The Hall–Kier alpha value is -2.62. The second-order valence-corrected chi connectivity index (χ2v) is 4.84. The van der Waals surface area contributed by atoms with Gasteiger partial charge < -0.3 is 15.7 Å². The Labute approximate surface area is 137 Å². The average Bonchev–Trinajstić information content (AvgIpc) is 2.48. The van der Waals surface area contributed by atoms with Crippen molar-refractivity contribution in [2.75, 3.05) is 17.2 Å². The molecule has 0 radical (unpaired) electrons. The van der Waals surface area contributed by atoms with Crippen molar-refractivity contribution in [1.29, 1.82) is 0 Å². The number of hydrogen-bond acceptors (Lipinski definition) is 5. The van der Waals surface area contributed by atoms with Gasteiger partial charge in [0, 0.05) is 6.07 Å². The van der Waals surface area contributed by atoms with Crippen LogP contribution in [0.25, 0.3) is 0 Å². The number of rotatable bonds is 5. The Kier molecular flexibility index (Phi) is 5.07. The molecule has 0 spiro atoms. The first-order valence-corrected chi connectivity index (χ1v) is 6.67. The molecule has 0 saturated carbocycles. The third-order valence-electron chi connectivity index (χ3n) is 2.63. The maximum Gasteiger partial charge on any atom is 0.433 e. The number of carbonyl (C=O) groups is 1. The fraction of sp³-hybridized carbons (Fsp3) is 0.154. The SMILES string of the molecule is O=C(O)CNc1nc(Nc2c(F)cccc2Cl)cc(C(F)(F)F)n1. The van der Waals surface area contributed by atoms with Crippen LogP contribution < -0.4 is 10.6 Å². The Bertz CT molecular complexity index is 750. The van der Waals surface area contributed by atoms with E-state index in [4.69, 9.17) is 16.7 Å². The van der Waals surface area contributed by atoms with E-state index in [1.807, 2.05) is 0 Å². The number of halogens is 5. The number of aliphatic carboxylic acids is 1. The predicted molar refractivity (Wildman–Crippen MR) is 77.9 cm³/mol. The van der Waals surface area contributed by atoms with Crippen LogP contribution in [0.3, 0.4) is 0 Å². The summed E-state index contributed by atoms with van der Waals surface area (Å²) >= 11 is 5.79. The largest absolute Gasteiger partial charge is 0.480 e. The van der Waals surface area contributed by atoms with Gasteiger partial charge in [0.15, 0.2) is 5.69 Å². The number of carboxylic acids is 1. The zero-order chi connectivity index (χ0) is 17.9. The molecule has 24 heavy (non-hydrogen) atoms. The number of para-hydroxylation sites is 1. The van der Waals surface area contributed by atoms with Gasteiger partial charge in [0.2, 0.25) is 5.95 Å². The van der Waals surface area contributed by atoms with Crippen molar-refractivity contribution < 1.29 is 27.5 Å². The highest BCUT2D eigenvalue weighted by Gasteiger charge is 2.34. The van der Waals surface area contributed by atoms with E-state index in [-0.39, 0.29) is 10.7 Å². The Balaban J connectivity index is 2.41. The lowest BCUT2D eigenvalue weighted by Gasteiger charge is -2.13. The summed E-state index contributed by atoms with van der Waals surface area (Å²) in [7, 11) is 0. The predicted octanol–water partition coefficient (Wildman–Crippen LogP) is 3.53. The van der Waals surface area contributed by atoms with Crippen LogP contribution in [0, 0.1) is 5.82 Å². The van der Waals surface area contributed by atoms with Crippen molar-refractivity contribution >= 4 is 35.0 Å². The number of anilines is 3. The first-order valence-electron chi connectivity index (χ1n) is 6.30. The molecule has 3 N–H and O–H groups in total. The quantitative estimate of drug-likeness (QED) is 0.704. The molecule has 0 amide bonds. The number of carboxylic acid groups (broad SMARTS) is 1. The molecule has 0 aliphatic rings. The van der Waals surface area contributed by atoms with Crippen LogP contribution in [0.1, 0.15) is 5.69 Å². The summed E-state index contributed by atoms with van der Waals surface area (Å²) in [5.74, 6) is -3.10. The van der Waals surface area contributed by atoms with E-state index >= 15 is 0 Å². The van der Waals surface area contributed by atoms with Crippen LogP contribution in [0.4, 0.5) is 35.0 Å². The fourth-order valence-electron chi connectivity index (χ4n) is 1.64. The molecule has 0 fully saturated rings. The number of hydrogen-bond donors (Lipinski definition) is 3. The monoisotopic (exact) mass is 364 g/mol. The lowest BCUT2D eigenvalue weighted by atomic mass is 10.3. The number of nitrogens with zero attached hydrogens (tertiary/aromatic N) is 2. The second kappa shape index (κ2) is 6.87. The van der Waals surface area contributed by atoms with E-state index in [2.05, 4.69) is 20.6 Å². The van der Waals surface area contributed by atoms with E-state index in [0.29, 0.717) is 6.07 Å². The van der Waals surface area contributed by atoms with Crippen molar-refractivity contribution in [3.8, 4) is 0 Å². The summed E-state index contributed by atoms with van der Waals surface area (Å²) in [6.45, 7) is -0.693. The molecule has 0 saturated heterocycles. The van der Waals surface area contributed by atoms with Crippen molar-refractivity contribution in [1.82, 2.24) is 9.97 Å². The van der Waals surface area contributed by atoms with Crippen LogP contribution in [-0.2, 0) is 11.0 Å². The molecule has 11 heteroatoms. The van der Waals surface area contributed by atoms with Crippen LogP contribution in [0.2, 0.25) is 5.02 Å². The summed E-state index contributed by atoms with van der Waals surface area (Å²) in [5, 5.41) is 12.9. The van der Waals surface area contributed by atoms with Crippen LogP contribution in [0.5, 0.6) is 0 Å². The lowest BCUT2D eigenvalue weighted by molar-refractivity contribution is -0.141. The fourth-order valence-corrected chi connectivity index (χ4v) is 1.85. The van der Waals surface area contributed by atoms with E-state index in [1.54, 1.807) is 0 Å². The third-order valence-corrected chi connectivity index (χ3v) is 2.95. The molecule has 0 unspecified atom stereocenters. The average molecular weight is 365 g/mol. The van der Waals surface area contributed by atoms with E-state index in [9.17, 15) is 22.4 Å². The van der Waals surface area contributed by atoms with Gasteiger partial charge in [-0.05, 0) is 12.1 Å². The molecule has 2 aromatic rings.